The van der Waals surface area contributed by atoms with Gasteiger partial charge in [-0.05, 0) is 49.9 Å². The third-order valence-electron chi connectivity index (χ3n) is 4.24. The van der Waals surface area contributed by atoms with Crippen molar-refractivity contribution in [2.75, 3.05) is 0 Å². The lowest BCUT2D eigenvalue weighted by molar-refractivity contribution is 0.0712. The molecule has 6 nitrogen and oxygen atoms in total. The largest absolute Gasteiger partial charge is 0.508 e. The lowest BCUT2D eigenvalue weighted by Gasteiger charge is -2.17. The van der Waals surface area contributed by atoms with Gasteiger partial charge in [0.25, 0.3) is 0 Å². The van der Waals surface area contributed by atoms with E-state index in [0.29, 0.717) is 24.0 Å². The summed E-state index contributed by atoms with van der Waals surface area (Å²) in [5.41, 5.74) is 0.108. The summed E-state index contributed by atoms with van der Waals surface area (Å²) >= 11 is 0. The van der Waals surface area contributed by atoms with Crippen LogP contribution in [0.4, 0.5) is 0 Å². The fourth-order valence-electron chi connectivity index (χ4n) is 2.81. The predicted molar refractivity (Wildman–Crippen MR) is 97.5 cm³/mol. The van der Waals surface area contributed by atoms with Gasteiger partial charge in [-0.3, -0.25) is 4.79 Å². The van der Waals surface area contributed by atoms with E-state index in [0.717, 1.165) is 6.07 Å². The van der Waals surface area contributed by atoms with E-state index in [1.165, 1.54) is 18.4 Å². The Morgan fingerprint density at radius 3 is 2.46 bits per heavy atom. The zero-order valence-electron chi connectivity index (χ0n) is 14.5. The molecule has 0 unspecified atom stereocenters. The first-order valence-electron chi connectivity index (χ1n) is 8.18. The van der Waals surface area contributed by atoms with Gasteiger partial charge in [0, 0.05) is 12.1 Å². The molecule has 0 bridgehead atoms. The van der Waals surface area contributed by atoms with Crippen molar-refractivity contribution in [1.82, 2.24) is 0 Å². The van der Waals surface area contributed by atoms with Crippen LogP contribution in [0.1, 0.15) is 25.8 Å². The fraction of sp³-hybridized carbons (Fsp3) is 0.250. The Balaban J connectivity index is 2.09. The molecule has 0 aliphatic heterocycles. The van der Waals surface area contributed by atoms with Gasteiger partial charge in [0.2, 0.25) is 5.43 Å². The van der Waals surface area contributed by atoms with E-state index in [4.69, 9.17) is 4.42 Å². The van der Waals surface area contributed by atoms with E-state index in [2.05, 4.69) is 0 Å². The van der Waals surface area contributed by atoms with E-state index in [1.807, 2.05) is 0 Å². The van der Waals surface area contributed by atoms with E-state index in [-0.39, 0.29) is 33.8 Å². The summed E-state index contributed by atoms with van der Waals surface area (Å²) in [6.45, 7) is 3.37. The van der Waals surface area contributed by atoms with Crippen LogP contribution in [0.25, 0.3) is 22.1 Å². The number of aryl methyl sites for hydroxylation is 1. The van der Waals surface area contributed by atoms with Crippen LogP contribution in [0.2, 0.25) is 0 Å². The van der Waals surface area contributed by atoms with Crippen molar-refractivity contribution in [2.45, 2.75) is 32.3 Å². The second-order valence-corrected chi connectivity index (χ2v) is 6.97. The molecule has 4 N–H and O–H groups in total. The summed E-state index contributed by atoms with van der Waals surface area (Å²) in [4.78, 5) is 12.8. The predicted octanol–water partition coefficient (Wildman–Crippen LogP) is 3.28. The molecule has 0 aliphatic rings. The summed E-state index contributed by atoms with van der Waals surface area (Å²) in [6.07, 6.45) is 2.13. The number of hydrogen-bond acceptors (Lipinski definition) is 6. The van der Waals surface area contributed by atoms with Crippen LogP contribution in [0.15, 0.2) is 45.8 Å². The molecule has 1 heterocycles. The van der Waals surface area contributed by atoms with Gasteiger partial charge in [-0.1, -0.05) is 6.07 Å². The molecule has 3 aromatic rings. The Labute approximate surface area is 149 Å². The number of phenolic OH excluding ortho intramolecular Hbond substituents is 3. The number of aromatic hydroxyl groups is 3. The highest BCUT2D eigenvalue weighted by atomic mass is 16.3. The molecule has 0 amide bonds. The molecule has 2 aromatic carbocycles. The van der Waals surface area contributed by atoms with Crippen LogP contribution in [-0.2, 0) is 6.42 Å². The highest BCUT2D eigenvalue weighted by Gasteiger charge is 2.17. The van der Waals surface area contributed by atoms with Crippen molar-refractivity contribution < 1.29 is 24.8 Å². The number of fused-ring (bicyclic) bond motifs is 1. The molecule has 26 heavy (non-hydrogen) atoms. The Kier molecular flexibility index (Phi) is 4.38. The zero-order valence-corrected chi connectivity index (χ0v) is 14.5. The minimum Gasteiger partial charge on any atom is -0.508 e. The van der Waals surface area contributed by atoms with Crippen molar-refractivity contribution >= 4 is 11.0 Å². The second kappa shape index (κ2) is 6.38. The van der Waals surface area contributed by atoms with Crippen molar-refractivity contribution in [3.8, 4) is 28.4 Å². The standard InChI is InChI=1S/C20H20O6/c1-20(2,25)6-5-12-7-11(3-4-15(12)22)14-10-26-17-9-13(21)8-16(23)18(17)19(14)24/h3-4,7-10,21-23,25H,5-6H2,1-2H3. The van der Waals surface area contributed by atoms with Crippen LogP contribution < -0.4 is 5.43 Å². The number of phenols is 3. The van der Waals surface area contributed by atoms with Gasteiger partial charge in [0.05, 0.1) is 11.2 Å². The van der Waals surface area contributed by atoms with Gasteiger partial charge in [-0.25, -0.2) is 0 Å². The van der Waals surface area contributed by atoms with Gasteiger partial charge in [0.15, 0.2) is 0 Å². The molecule has 6 heteroatoms. The average molecular weight is 356 g/mol. The maximum atomic E-state index is 12.8. The smallest absolute Gasteiger partial charge is 0.204 e. The maximum absolute atomic E-state index is 12.8. The van der Waals surface area contributed by atoms with Crippen molar-refractivity contribution in [2.24, 2.45) is 0 Å². The summed E-state index contributed by atoms with van der Waals surface area (Å²) in [5, 5.41) is 39.4. The van der Waals surface area contributed by atoms with Crippen LogP contribution in [0.5, 0.6) is 17.2 Å². The molecular weight excluding hydrogens is 336 g/mol. The van der Waals surface area contributed by atoms with Gasteiger partial charge >= 0.3 is 0 Å². The lowest BCUT2D eigenvalue weighted by atomic mass is 9.95. The third-order valence-corrected chi connectivity index (χ3v) is 4.24. The van der Waals surface area contributed by atoms with Gasteiger partial charge in [-0.15, -0.1) is 0 Å². The Morgan fingerprint density at radius 2 is 1.77 bits per heavy atom. The van der Waals surface area contributed by atoms with E-state index in [1.54, 1.807) is 26.0 Å². The molecular formula is C20H20O6. The SMILES string of the molecule is CC(C)(O)CCc1cc(-c2coc3cc(O)cc(O)c3c2=O)ccc1O. The summed E-state index contributed by atoms with van der Waals surface area (Å²) in [6, 6.07) is 7.06. The third kappa shape index (κ3) is 3.50. The topological polar surface area (TPSA) is 111 Å². The van der Waals surface area contributed by atoms with Crippen LogP contribution in [0.3, 0.4) is 0 Å². The summed E-state index contributed by atoms with van der Waals surface area (Å²) in [5.74, 6) is -0.489. The first-order chi connectivity index (χ1) is 12.2. The highest BCUT2D eigenvalue weighted by Crippen LogP contribution is 2.31. The van der Waals surface area contributed by atoms with Crippen molar-refractivity contribution in [3.63, 3.8) is 0 Å². The van der Waals surface area contributed by atoms with Crippen molar-refractivity contribution in [3.05, 3.63) is 52.4 Å². The van der Waals surface area contributed by atoms with E-state index in [9.17, 15) is 25.2 Å². The number of rotatable bonds is 4. The molecule has 1 aromatic heterocycles. The van der Waals surface area contributed by atoms with Gasteiger partial charge in [0.1, 0.15) is 34.5 Å². The molecule has 0 saturated carbocycles. The molecule has 0 aliphatic carbocycles. The Hall–Kier alpha value is -2.99. The highest BCUT2D eigenvalue weighted by molar-refractivity contribution is 5.88. The minimum absolute atomic E-state index is 0.0218. The molecule has 3 rings (SSSR count). The van der Waals surface area contributed by atoms with Crippen LogP contribution in [0, 0.1) is 0 Å². The lowest BCUT2D eigenvalue weighted by Crippen LogP contribution is -2.19. The average Bonchev–Trinajstić information content (AvgIpc) is 2.53. The number of aliphatic hydroxyl groups is 1. The normalized spacial score (nSPS) is 11.8. The number of hydrogen-bond donors (Lipinski definition) is 4. The fourth-order valence-corrected chi connectivity index (χ4v) is 2.81. The van der Waals surface area contributed by atoms with Gasteiger partial charge in [-0.2, -0.15) is 0 Å². The quantitative estimate of drug-likeness (QED) is 0.571. The molecule has 0 radical (unpaired) electrons. The van der Waals surface area contributed by atoms with Gasteiger partial charge < -0.3 is 24.8 Å². The zero-order chi connectivity index (χ0) is 19.1. The first-order valence-corrected chi connectivity index (χ1v) is 8.18. The van der Waals surface area contributed by atoms with E-state index < -0.39 is 11.0 Å². The van der Waals surface area contributed by atoms with Crippen LogP contribution >= 0.6 is 0 Å². The van der Waals surface area contributed by atoms with Crippen molar-refractivity contribution in [1.29, 1.82) is 0 Å². The molecule has 136 valence electrons. The molecule has 0 spiro atoms. The molecule has 0 fully saturated rings. The summed E-state index contributed by atoms with van der Waals surface area (Å²) in [7, 11) is 0. The monoisotopic (exact) mass is 356 g/mol. The second-order valence-electron chi connectivity index (χ2n) is 6.97. The minimum atomic E-state index is -0.877. The maximum Gasteiger partial charge on any atom is 0.204 e. The Morgan fingerprint density at radius 1 is 1.04 bits per heavy atom. The Bertz CT molecular complexity index is 1030. The van der Waals surface area contributed by atoms with Crippen LogP contribution in [-0.4, -0.2) is 26.0 Å². The molecule has 0 saturated heterocycles. The van der Waals surface area contributed by atoms with E-state index >= 15 is 0 Å². The summed E-state index contributed by atoms with van der Waals surface area (Å²) < 4.78 is 5.40. The first kappa shape index (κ1) is 17.8. The number of benzene rings is 2. The molecule has 0 atom stereocenters.